The topological polar surface area (TPSA) is 27.0 Å². The Bertz CT molecular complexity index is 325. The van der Waals surface area contributed by atoms with E-state index >= 15 is 0 Å². The number of nitrogens with zero attached hydrogens (tertiary/aromatic N) is 2. The van der Waals surface area contributed by atoms with Crippen molar-refractivity contribution in [3.8, 4) is 6.07 Å². The summed E-state index contributed by atoms with van der Waals surface area (Å²) in [5.41, 5.74) is 0. The molecule has 0 radical (unpaired) electrons. The van der Waals surface area contributed by atoms with Gasteiger partial charge in [-0.05, 0) is 63.5 Å². The SMILES string of the molecule is CCCCC1CC(C#N)CCC1N1CCC(CCC)CC1. The monoisotopic (exact) mass is 290 g/mol. The van der Waals surface area contributed by atoms with Crippen molar-refractivity contribution < 1.29 is 0 Å². The molecule has 2 nitrogen and oxygen atoms in total. The molecule has 0 bridgehead atoms. The highest BCUT2D eigenvalue weighted by Gasteiger charge is 2.35. The van der Waals surface area contributed by atoms with E-state index in [-0.39, 0.29) is 0 Å². The van der Waals surface area contributed by atoms with Crippen LogP contribution in [0, 0.1) is 29.1 Å². The molecule has 1 saturated carbocycles. The van der Waals surface area contributed by atoms with Crippen LogP contribution >= 0.6 is 0 Å². The molecule has 1 heterocycles. The van der Waals surface area contributed by atoms with E-state index < -0.39 is 0 Å². The normalized spacial score (nSPS) is 32.0. The first-order valence-corrected chi connectivity index (χ1v) is 9.42. The maximum absolute atomic E-state index is 9.26. The maximum atomic E-state index is 9.26. The van der Waals surface area contributed by atoms with E-state index in [0.717, 1.165) is 30.7 Å². The predicted octanol–water partition coefficient (Wildman–Crippen LogP) is 5.00. The molecule has 2 heteroatoms. The molecule has 0 amide bonds. The summed E-state index contributed by atoms with van der Waals surface area (Å²) in [5.74, 6) is 2.10. The van der Waals surface area contributed by atoms with Crippen molar-refractivity contribution in [1.82, 2.24) is 4.90 Å². The van der Waals surface area contributed by atoms with Crippen LogP contribution in [0.25, 0.3) is 0 Å². The Morgan fingerprint density at radius 3 is 2.38 bits per heavy atom. The van der Waals surface area contributed by atoms with Crippen LogP contribution in [0.2, 0.25) is 0 Å². The summed E-state index contributed by atoms with van der Waals surface area (Å²) in [7, 11) is 0. The molecule has 21 heavy (non-hydrogen) atoms. The van der Waals surface area contributed by atoms with E-state index in [9.17, 15) is 5.26 Å². The van der Waals surface area contributed by atoms with Gasteiger partial charge in [0, 0.05) is 12.0 Å². The number of piperidine rings is 1. The fraction of sp³-hybridized carbons (Fsp3) is 0.947. The van der Waals surface area contributed by atoms with Crippen molar-refractivity contribution in [1.29, 1.82) is 5.26 Å². The third kappa shape index (κ3) is 4.71. The van der Waals surface area contributed by atoms with E-state index in [0.29, 0.717) is 5.92 Å². The Labute approximate surface area is 131 Å². The quantitative estimate of drug-likeness (QED) is 0.688. The molecular weight excluding hydrogens is 256 g/mol. The summed E-state index contributed by atoms with van der Waals surface area (Å²) in [6.45, 7) is 7.23. The molecular formula is C19H34N2. The number of rotatable bonds is 6. The molecule has 0 aromatic carbocycles. The molecule has 2 aliphatic rings. The van der Waals surface area contributed by atoms with E-state index in [1.165, 1.54) is 64.5 Å². The zero-order valence-corrected chi connectivity index (χ0v) is 14.2. The smallest absolute Gasteiger partial charge is 0.0655 e. The highest BCUT2D eigenvalue weighted by molar-refractivity contribution is 4.95. The van der Waals surface area contributed by atoms with Gasteiger partial charge in [-0.1, -0.05) is 39.5 Å². The van der Waals surface area contributed by atoms with E-state index in [1.807, 2.05) is 0 Å². The van der Waals surface area contributed by atoms with Gasteiger partial charge in [0.25, 0.3) is 0 Å². The number of unbranched alkanes of at least 4 members (excludes halogenated alkanes) is 1. The van der Waals surface area contributed by atoms with Crippen LogP contribution in [0.5, 0.6) is 0 Å². The van der Waals surface area contributed by atoms with Gasteiger partial charge in [0.05, 0.1) is 6.07 Å². The van der Waals surface area contributed by atoms with Gasteiger partial charge in [-0.3, -0.25) is 0 Å². The fourth-order valence-corrected chi connectivity index (χ4v) is 4.60. The molecule has 0 spiro atoms. The Balaban J connectivity index is 1.89. The first-order valence-electron chi connectivity index (χ1n) is 9.42. The molecule has 0 N–H and O–H groups in total. The van der Waals surface area contributed by atoms with Crippen LogP contribution in [0.4, 0.5) is 0 Å². The minimum Gasteiger partial charge on any atom is -0.300 e. The fourth-order valence-electron chi connectivity index (χ4n) is 4.60. The van der Waals surface area contributed by atoms with Crippen LogP contribution in [0.15, 0.2) is 0 Å². The molecule has 1 aliphatic heterocycles. The average Bonchev–Trinajstić information content (AvgIpc) is 2.54. The zero-order chi connectivity index (χ0) is 15.1. The summed E-state index contributed by atoms with van der Waals surface area (Å²) >= 11 is 0. The van der Waals surface area contributed by atoms with Crippen molar-refractivity contribution in [3.05, 3.63) is 0 Å². The van der Waals surface area contributed by atoms with Crippen molar-refractivity contribution in [2.24, 2.45) is 17.8 Å². The van der Waals surface area contributed by atoms with Crippen molar-refractivity contribution in [2.45, 2.75) is 84.1 Å². The Kier molecular flexibility index (Phi) is 7.04. The molecule has 120 valence electrons. The van der Waals surface area contributed by atoms with Crippen LogP contribution in [-0.2, 0) is 0 Å². The second-order valence-corrected chi connectivity index (χ2v) is 7.38. The van der Waals surface area contributed by atoms with Crippen molar-refractivity contribution in [3.63, 3.8) is 0 Å². The number of hydrogen-bond donors (Lipinski definition) is 0. The van der Waals surface area contributed by atoms with Gasteiger partial charge in [0.2, 0.25) is 0 Å². The molecule has 1 saturated heterocycles. The Morgan fingerprint density at radius 2 is 1.76 bits per heavy atom. The average molecular weight is 290 g/mol. The highest BCUT2D eigenvalue weighted by Crippen LogP contribution is 2.37. The second kappa shape index (κ2) is 8.79. The van der Waals surface area contributed by atoms with Crippen molar-refractivity contribution in [2.75, 3.05) is 13.1 Å². The molecule has 3 atom stereocenters. The summed E-state index contributed by atoms with van der Waals surface area (Å²) in [6, 6.07) is 3.32. The summed E-state index contributed by atoms with van der Waals surface area (Å²) < 4.78 is 0. The number of hydrogen-bond acceptors (Lipinski definition) is 2. The van der Waals surface area contributed by atoms with Crippen molar-refractivity contribution >= 4 is 0 Å². The van der Waals surface area contributed by atoms with Gasteiger partial charge in [-0.25, -0.2) is 0 Å². The van der Waals surface area contributed by atoms with Crippen LogP contribution in [-0.4, -0.2) is 24.0 Å². The third-order valence-corrected chi connectivity index (χ3v) is 5.87. The van der Waals surface area contributed by atoms with Gasteiger partial charge in [-0.15, -0.1) is 0 Å². The second-order valence-electron chi connectivity index (χ2n) is 7.38. The summed E-state index contributed by atoms with van der Waals surface area (Å²) in [4.78, 5) is 2.79. The van der Waals surface area contributed by atoms with Gasteiger partial charge in [0.15, 0.2) is 0 Å². The molecule has 2 fully saturated rings. The Morgan fingerprint density at radius 1 is 1.00 bits per heavy atom. The third-order valence-electron chi connectivity index (χ3n) is 5.87. The minimum absolute atomic E-state index is 0.334. The van der Waals surface area contributed by atoms with Gasteiger partial charge >= 0.3 is 0 Å². The van der Waals surface area contributed by atoms with Crippen LogP contribution in [0.3, 0.4) is 0 Å². The van der Waals surface area contributed by atoms with Gasteiger partial charge in [0.1, 0.15) is 0 Å². The van der Waals surface area contributed by atoms with E-state index in [1.54, 1.807) is 0 Å². The lowest BCUT2D eigenvalue weighted by Crippen LogP contribution is -2.47. The molecule has 0 aromatic rings. The van der Waals surface area contributed by atoms with Gasteiger partial charge in [-0.2, -0.15) is 5.26 Å². The molecule has 2 rings (SSSR count). The van der Waals surface area contributed by atoms with Crippen LogP contribution < -0.4 is 0 Å². The lowest BCUT2D eigenvalue weighted by atomic mass is 9.75. The molecule has 1 aliphatic carbocycles. The zero-order valence-electron chi connectivity index (χ0n) is 14.2. The predicted molar refractivity (Wildman–Crippen MR) is 89.0 cm³/mol. The standard InChI is InChI=1S/C19H34N2/c1-3-5-7-18-14-17(15-20)8-9-19(18)21-12-10-16(6-4-2)11-13-21/h16-19H,3-14H2,1-2H3. The highest BCUT2D eigenvalue weighted by atomic mass is 15.2. The minimum atomic E-state index is 0.334. The Hall–Kier alpha value is -0.550. The first kappa shape index (κ1) is 16.8. The van der Waals surface area contributed by atoms with Crippen LogP contribution in [0.1, 0.15) is 78.1 Å². The largest absolute Gasteiger partial charge is 0.300 e. The van der Waals surface area contributed by atoms with E-state index in [4.69, 9.17) is 0 Å². The lowest BCUT2D eigenvalue weighted by molar-refractivity contribution is 0.0540. The number of likely N-dealkylation sites (tertiary alicyclic amines) is 1. The maximum Gasteiger partial charge on any atom is 0.0655 e. The lowest BCUT2D eigenvalue weighted by Gasteiger charge is -2.44. The molecule has 0 aromatic heterocycles. The van der Waals surface area contributed by atoms with Gasteiger partial charge < -0.3 is 4.90 Å². The van der Waals surface area contributed by atoms with E-state index in [2.05, 4.69) is 24.8 Å². The molecule has 3 unspecified atom stereocenters. The summed E-state index contributed by atoms with van der Waals surface area (Å²) in [5, 5.41) is 9.26. The number of nitriles is 1. The summed E-state index contributed by atoms with van der Waals surface area (Å²) in [6.07, 6.45) is 13.1. The first-order chi connectivity index (χ1) is 10.3.